The summed E-state index contributed by atoms with van der Waals surface area (Å²) in [6.07, 6.45) is 92.2. The van der Waals surface area contributed by atoms with Gasteiger partial charge in [-0.05, 0) is 89.9 Å². The summed E-state index contributed by atoms with van der Waals surface area (Å²) in [7, 11) is 0. The van der Waals surface area contributed by atoms with Gasteiger partial charge in [-0.3, -0.25) is 14.4 Å². The SMILES string of the molecule is CC/C=C\C/C=C\C/C=C\C/C=C\CCCCCCCCCCCCCCC(=O)OCC(COC(=O)CCCCCCC/C=C\C/C=C\CCCCC)OC(=O)CCCCCCCCCCCCCCCCCCCCCCCCCC. The molecule has 0 aromatic rings. The first-order valence-electron chi connectivity index (χ1n) is 35.9. The van der Waals surface area contributed by atoms with Gasteiger partial charge in [0.1, 0.15) is 13.2 Å². The molecular formula is C76H136O6. The molecule has 0 N–H and O–H groups in total. The predicted octanol–water partition coefficient (Wildman–Crippen LogP) is 24.8. The standard InChI is InChI=1S/C76H136O6/c1-4-7-10-13-16-19-22-25-28-30-32-34-36-38-40-41-43-45-48-51-54-57-60-63-66-69-75(78)81-72-73(71-80-74(77)68-65-62-59-56-53-50-47-27-24-21-18-15-12-9-6-3)82-76(79)70-67-64-61-58-55-52-49-46-44-42-39-37-35-33-31-29-26-23-20-17-14-11-8-5-2/h7,10,16,18-19,21,25,27-28,32,34,47,73H,4-6,8-9,11-15,17,20,22-24,26,29-31,33,35-46,48-72H2,1-3H3/b10-7-,19-16-,21-18-,28-25-,34-32-,47-27-. The average Bonchev–Trinajstić information content (AvgIpc) is 3.47. The molecule has 6 nitrogen and oxygen atoms in total. The Labute approximate surface area is 510 Å². The first-order valence-corrected chi connectivity index (χ1v) is 35.9. The van der Waals surface area contributed by atoms with Crippen molar-refractivity contribution in [2.24, 2.45) is 0 Å². The van der Waals surface area contributed by atoms with Gasteiger partial charge in [0.05, 0.1) is 0 Å². The van der Waals surface area contributed by atoms with Crippen LogP contribution in [0.4, 0.5) is 0 Å². The van der Waals surface area contributed by atoms with Gasteiger partial charge in [-0.25, -0.2) is 0 Å². The van der Waals surface area contributed by atoms with Crippen LogP contribution in [0.5, 0.6) is 0 Å². The maximum absolute atomic E-state index is 13.0. The molecule has 0 saturated carbocycles. The summed E-state index contributed by atoms with van der Waals surface area (Å²) in [6, 6.07) is 0. The van der Waals surface area contributed by atoms with Gasteiger partial charge >= 0.3 is 17.9 Å². The van der Waals surface area contributed by atoms with E-state index in [1.807, 2.05) is 0 Å². The monoisotopic (exact) mass is 1150 g/mol. The Morgan fingerprint density at radius 3 is 0.768 bits per heavy atom. The Kier molecular flexibility index (Phi) is 67.6. The van der Waals surface area contributed by atoms with E-state index in [1.165, 1.54) is 231 Å². The highest BCUT2D eigenvalue weighted by Crippen LogP contribution is 2.18. The average molecular weight is 1150 g/mol. The van der Waals surface area contributed by atoms with Gasteiger partial charge in [-0.2, -0.15) is 0 Å². The molecule has 0 rings (SSSR count). The normalized spacial score (nSPS) is 12.5. The third kappa shape index (κ3) is 67.6. The van der Waals surface area contributed by atoms with E-state index in [0.717, 1.165) is 103 Å². The number of hydrogen-bond acceptors (Lipinski definition) is 6. The zero-order chi connectivity index (χ0) is 59.2. The molecule has 0 fully saturated rings. The van der Waals surface area contributed by atoms with Crippen molar-refractivity contribution in [2.45, 2.75) is 380 Å². The molecule has 6 heteroatoms. The molecule has 0 aliphatic heterocycles. The van der Waals surface area contributed by atoms with Crippen LogP contribution in [0.15, 0.2) is 72.9 Å². The van der Waals surface area contributed by atoms with Crippen molar-refractivity contribution in [3.63, 3.8) is 0 Å². The number of allylic oxidation sites excluding steroid dienone is 12. The van der Waals surface area contributed by atoms with Crippen molar-refractivity contribution in [3.8, 4) is 0 Å². The maximum atomic E-state index is 13.0. The van der Waals surface area contributed by atoms with Crippen molar-refractivity contribution in [1.82, 2.24) is 0 Å². The van der Waals surface area contributed by atoms with E-state index < -0.39 is 6.10 Å². The van der Waals surface area contributed by atoms with Gasteiger partial charge in [0, 0.05) is 19.3 Å². The largest absolute Gasteiger partial charge is 0.462 e. The Balaban J connectivity index is 4.29. The number of rotatable bonds is 66. The quantitative estimate of drug-likeness (QED) is 0.0261. The lowest BCUT2D eigenvalue weighted by Gasteiger charge is -2.18. The molecule has 1 atom stereocenters. The van der Waals surface area contributed by atoms with Crippen LogP contribution in [0.2, 0.25) is 0 Å². The Morgan fingerprint density at radius 2 is 0.476 bits per heavy atom. The number of hydrogen-bond donors (Lipinski definition) is 0. The molecule has 82 heavy (non-hydrogen) atoms. The number of unbranched alkanes of at least 4 members (excludes halogenated alkanes) is 43. The Bertz CT molecular complexity index is 1500. The molecule has 0 aliphatic rings. The van der Waals surface area contributed by atoms with E-state index in [9.17, 15) is 14.4 Å². The number of esters is 3. The van der Waals surface area contributed by atoms with Crippen LogP contribution >= 0.6 is 0 Å². The highest BCUT2D eigenvalue weighted by molar-refractivity contribution is 5.71. The topological polar surface area (TPSA) is 78.9 Å². The predicted molar refractivity (Wildman–Crippen MR) is 358 cm³/mol. The van der Waals surface area contributed by atoms with Gasteiger partial charge in [0.2, 0.25) is 0 Å². The third-order valence-corrected chi connectivity index (χ3v) is 15.9. The van der Waals surface area contributed by atoms with Crippen LogP contribution in [-0.4, -0.2) is 37.2 Å². The van der Waals surface area contributed by atoms with E-state index in [0.29, 0.717) is 19.3 Å². The van der Waals surface area contributed by atoms with Crippen LogP contribution in [0.25, 0.3) is 0 Å². The van der Waals surface area contributed by atoms with E-state index >= 15 is 0 Å². The number of carbonyl (C=O) groups is 3. The molecule has 0 bridgehead atoms. The third-order valence-electron chi connectivity index (χ3n) is 15.9. The lowest BCUT2D eigenvalue weighted by molar-refractivity contribution is -0.167. The highest BCUT2D eigenvalue weighted by atomic mass is 16.6. The summed E-state index contributed by atoms with van der Waals surface area (Å²) < 4.78 is 17.0. The first-order chi connectivity index (χ1) is 40.5. The smallest absolute Gasteiger partial charge is 0.306 e. The van der Waals surface area contributed by atoms with Gasteiger partial charge in [-0.15, -0.1) is 0 Å². The molecule has 0 aromatic heterocycles. The van der Waals surface area contributed by atoms with Crippen LogP contribution in [-0.2, 0) is 28.6 Å². The van der Waals surface area contributed by atoms with Gasteiger partial charge < -0.3 is 14.2 Å². The van der Waals surface area contributed by atoms with Gasteiger partial charge in [0.15, 0.2) is 6.10 Å². The Hall–Kier alpha value is -3.15. The van der Waals surface area contributed by atoms with Crippen LogP contribution in [0.3, 0.4) is 0 Å². The molecule has 0 aromatic carbocycles. The lowest BCUT2D eigenvalue weighted by atomic mass is 10.0. The summed E-state index contributed by atoms with van der Waals surface area (Å²) in [4.78, 5) is 38.5. The fraction of sp³-hybridized carbons (Fsp3) is 0.803. The van der Waals surface area contributed by atoms with Crippen molar-refractivity contribution < 1.29 is 28.6 Å². The summed E-state index contributed by atoms with van der Waals surface area (Å²) in [5.41, 5.74) is 0. The summed E-state index contributed by atoms with van der Waals surface area (Å²) in [6.45, 7) is 6.55. The number of ether oxygens (including phenoxy) is 3. The van der Waals surface area contributed by atoms with Crippen LogP contribution < -0.4 is 0 Å². The zero-order valence-corrected chi connectivity index (χ0v) is 54.8. The second kappa shape index (κ2) is 70.3. The van der Waals surface area contributed by atoms with E-state index in [4.69, 9.17) is 14.2 Å². The molecule has 0 radical (unpaired) electrons. The molecule has 0 spiro atoms. The van der Waals surface area contributed by atoms with Crippen molar-refractivity contribution in [1.29, 1.82) is 0 Å². The van der Waals surface area contributed by atoms with Crippen molar-refractivity contribution in [3.05, 3.63) is 72.9 Å². The summed E-state index contributed by atoms with van der Waals surface area (Å²) in [5, 5.41) is 0. The lowest BCUT2D eigenvalue weighted by Crippen LogP contribution is -2.30. The van der Waals surface area contributed by atoms with E-state index in [2.05, 4.69) is 93.7 Å². The van der Waals surface area contributed by atoms with Gasteiger partial charge in [-0.1, -0.05) is 338 Å². The van der Waals surface area contributed by atoms with E-state index in [-0.39, 0.29) is 31.1 Å². The highest BCUT2D eigenvalue weighted by Gasteiger charge is 2.19. The number of carbonyl (C=O) groups excluding carboxylic acids is 3. The summed E-state index contributed by atoms with van der Waals surface area (Å²) >= 11 is 0. The minimum Gasteiger partial charge on any atom is -0.462 e. The second-order valence-corrected chi connectivity index (χ2v) is 24.1. The molecule has 0 heterocycles. The molecule has 0 saturated heterocycles. The molecule has 1 unspecified atom stereocenters. The summed E-state index contributed by atoms with van der Waals surface area (Å²) in [5.74, 6) is -0.869. The minimum atomic E-state index is -0.782. The maximum Gasteiger partial charge on any atom is 0.306 e. The molecule has 0 aliphatic carbocycles. The van der Waals surface area contributed by atoms with Crippen molar-refractivity contribution in [2.75, 3.05) is 13.2 Å². The van der Waals surface area contributed by atoms with Crippen molar-refractivity contribution >= 4 is 17.9 Å². The fourth-order valence-corrected chi connectivity index (χ4v) is 10.6. The Morgan fingerprint density at radius 1 is 0.256 bits per heavy atom. The minimum absolute atomic E-state index is 0.0771. The molecule has 0 amide bonds. The zero-order valence-electron chi connectivity index (χ0n) is 54.8. The van der Waals surface area contributed by atoms with E-state index in [1.54, 1.807) is 0 Å². The second-order valence-electron chi connectivity index (χ2n) is 24.1. The molecular weight excluding hydrogens is 1010 g/mol. The molecule has 476 valence electrons. The first kappa shape index (κ1) is 78.8. The van der Waals surface area contributed by atoms with Crippen LogP contribution in [0, 0.1) is 0 Å². The van der Waals surface area contributed by atoms with Gasteiger partial charge in [0.25, 0.3) is 0 Å². The fourth-order valence-electron chi connectivity index (χ4n) is 10.6. The van der Waals surface area contributed by atoms with Crippen LogP contribution in [0.1, 0.15) is 374 Å².